The Labute approximate surface area is 98.7 Å². The van der Waals surface area contributed by atoms with Crippen LogP contribution in [0, 0.1) is 5.92 Å². The molecule has 0 saturated carbocycles. The summed E-state index contributed by atoms with van der Waals surface area (Å²) in [5.41, 5.74) is 1.35. The van der Waals surface area contributed by atoms with Crippen LogP contribution in [0.15, 0.2) is 30.3 Å². The van der Waals surface area contributed by atoms with E-state index in [1.54, 1.807) is 0 Å². The van der Waals surface area contributed by atoms with E-state index in [2.05, 4.69) is 43.4 Å². The van der Waals surface area contributed by atoms with Gasteiger partial charge in [0.25, 0.3) is 0 Å². The van der Waals surface area contributed by atoms with Crippen molar-refractivity contribution in [2.24, 2.45) is 5.92 Å². The SMILES string of the molecule is CC(C)C(NCCCCO)c1ccccc1. The van der Waals surface area contributed by atoms with Gasteiger partial charge in [-0.25, -0.2) is 0 Å². The number of unbranched alkanes of at least 4 members (excludes halogenated alkanes) is 1. The van der Waals surface area contributed by atoms with E-state index < -0.39 is 0 Å². The zero-order valence-electron chi connectivity index (χ0n) is 10.3. The zero-order valence-corrected chi connectivity index (χ0v) is 10.3. The Kier molecular flexibility index (Phi) is 6.12. The van der Waals surface area contributed by atoms with Crippen LogP contribution in [0.2, 0.25) is 0 Å². The lowest BCUT2D eigenvalue weighted by Crippen LogP contribution is -2.26. The third kappa shape index (κ3) is 4.33. The molecular weight excluding hydrogens is 198 g/mol. The van der Waals surface area contributed by atoms with E-state index >= 15 is 0 Å². The highest BCUT2D eigenvalue weighted by molar-refractivity contribution is 5.19. The van der Waals surface area contributed by atoms with Crippen molar-refractivity contribution in [3.8, 4) is 0 Å². The van der Waals surface area contributed by atoms with Gasteiger partial charge < -0.3 is 10.4 Å². The van der Waals surface area contributed by atoms with Crippen molar-refractivity contribution in [2.75, 3.05) is 13.2 Å². The Hall–Kier alpha value is -0.860. The molecule has 0 spiro atoms. The van der Waals surface area contributed by atoms with Crippen molar-refractivity contribution in [3.63, 3.8) is 0 Å². The van der Waals surface area contributed by atoms with E-state index in [1.165, 1.54) is 5.56 Å². The summed E-state index contributed by atoms with van der Waals surface area (Å²) in [6, 6.07) is 11.0. The molecule has 0 fully saturated rings. The van der Waals surface area contributed by atoms with Gasteiger partial charge >= 0.3 is 0 Å². The highest BCUT2D eigenvalue weighted by Gasteiger charge is 2.13. The van der Waals surface area contributed by atoms with Crippen molar-refractivity contribution < 1.29 is 5.11 Å². The Morgan fingerprint density at radius 3 is 2.38 bits per heavy atom. The van der Waals surface area contributed by atoms with Gasteiger partial charge in [0.2, 0.25) is 0 Å². The maximum atomic E-state index is 8.73. The molecule has 16 heavy (non-hydrogen) atoms. The molecule has 2 N–H and O–H groups in total. The molecule has 0 saturated heterocycles. The zero-order chi connectivity index (χ0) is 11.8. The average molecular weight is 221 g/mol. The van der Waals surface area contributed by atoms with E-state index in [0.717, 1.165) is 19.4 Å². The second-order valence-electron chi connectivity index (χ2n) is 4.52. The molecule has 0 aliphatic carbocycles. The molecule has 1 unspecified atom stereocenters. The van der Waals surface area contributed by atoms with Gasteiger partial charge in [0.1, 0.15) is 0 Å². The number of hydrogen-bond acceptors (Lipinski definition) is 2. The van der Waals surface area contributed by atoms with Crippen molar-refractivity contribution in [2.45, 2.75) is 32.7 Å². The van der Waals surface area contributed by atoms with Crippen LogP contribution in [0.4, 0.5) is 0 Å². The van der Waals surface area contributed by atoms with Crippen LogP contribution in [-0.2, 0) is 0 Å². The fraction of sp³-hybridized carbons (Fsp3) is 0.571. The molecule has 0 aliphatic rings. The molecule has 0 aromatic heterocycles. The van der Waals surface area contributed by atoms with Crippen molar-refractivity contribution in [1.29, 1.82) is 0 Å². The third-order valence-electron chi connectivity index (χ3n) is 2.77. The van der Waals surface area contributed by atoms with Crippen LogP contribution in [-0.4, -0.2) is 18.3 Å². The fourth-order valence-electron chi connectivity index (χ4n) is 1.89. The maximum absolute atomic E-state index is 8.73. The molecule has 0 radical (unpaired) electrons. The van der Waals surface area contributed by atoms with Crippen LogP contribution in [0.3, 0.4) is 0 Å². The smallest absolute Gasteiger partial charge is 0.0431 e. The monoisotopic (exact) mass is 221 g/mol. The predicted molar refractivity (Wildman–Crippen MR) is 68.3 cm³/mol. The van der Waals surface area contributed by atoms with E-state index in [1.807, 2.05) is 6.07 Å². The predicted octanol–water partition coefficient (Wildman–Crippen LogP) is 2.75. The Bertz CT molecular complexity index is 271. The van der Waals surface area contributed by atoms with Crippen LogP contribution in [0.25, 0.3) is 0 Å². The molecule has 1 rings (SSSR count). The second-order valence-corrected chi connectivity index (χ2v) is 4.52. The quantitative estimate of drug-likeness (QED) is 0.694. The van der Waals surface area contributed by atoms with E-state index in [4.69, 9.17) is 5.11 Å². The Morgan fingerprint density at radius 1 is 1.12 bits per heavy atom. The van der Waals surface area contributed by atoms with Crippen molar-refractivity contribution >= 4 is 0 Å². The summed E-state index contributed by atoms with van der Waals surface area (Å²) in [6.45, 7) is 5.73. The summed E-state index contributed by atoms with van der Waals surface area (Å²) in [7, 11) is 0. The van der Waals surface area contributed by atoms with Gasteiger partial charge in [0.15, 0.2) is 0 Å². The summed E-state index contributed by atoms with van der Waals surface area (Å²) in [6.07, 6.45) is 1.92. The first-order valence-corrected chi connectivity index (χ1v) is 6.15. The number of hydrogen-bond donors (Lipinski definition) is 2. The molecule has 1 aromatic rings. The molecule has 1 aromatic carbocycles. The van der Waals surface area contributed by atoms with E-state index in [9.17, 15) is 0 Å². The van der Waals surface area contributed by atoms with Gasteiger partial charge in [-0.15, -0.1) is 0 Å². The highest BCUT2D eigenvalue weighted by atomic mass is 16.2. The average Bonchev–Trinajstić information content (AvgIpc) is 2.30. The van der Waals surface area contributed by atoms with Crippen molar-refractivity contribution in [3.05, 3.63) is 35.9 Å². The summed E-state index contributed by atoms with van der Waals surface area (Å²) in [4.78, 5) is 0. The van der Waals surface area contributed by atoms with E-state index in [0.29, 0.717) is 18.6 Å². The molecule has 1 atom stereocenters. The molecular formula is C14H23NO. The molecule has 0 bridgehead atoms. The molecule has 2 heteroatoms. The van der Waals surface area contributed by atoms with Gasteiger partial charge in [-0.2, -0.15) is 0 Å². The lowest BCUT2D eigenvalue weighted by atomic mass is 9.96. The third-order valence-corrected chi connectivity index (χ3v) is 2.77. The maximum Gasteiger partial charge on any atom is 0.0431 e. The Morgan fingerprint density at radius 2 is 1.81 bits per heavy atom. The first kappa shape index (κ1) is 13.2. The Balaban J connectivity index is 2.49. The number of rotatable bonds is 7. The van der Waals surface area contributed by atoms with Crippen LogP contribution in [0.1, 0.15) is 38.3 Å². The number of benzene rings is 1. The standard InChI is InChI=1S/C14H23NO/c1-12(2)14(15-10-6-7-11-16)13-8-4-3-5-9-13/h3-5,8-9,12,14-16H,6-7,10-11H2,1-2H3. The first-order valence-electron chi connectivity index (χ1n) is 6.15. The van der Waals surface area contributed by atoms with Gasteiger partial charge in [-0.3, -0.25) is 0 Å². The summed E-state index contributed by atoms with van der Waals surface area (Å²) in [5.74, 6) is 0.580. The van der Waals surface area contributed by atoms with Crippen molar-refractivity contribution in [1.82, 2.24) is 5.32 Å². The van der Waals surface area contributed by atoms with Gasteiger partial charge in [0, 0.05) is 12.6 Å². The second kappa shape index (κ2) is 7.42. The van der Waals surface area contributed by atoms with Gasteiger partial charge in [-0.1, -0.05) is 44.2 Å². The number of aliphatic hydroxyl groups is 1. The minimum atomic E-state index is 0.291. The largest absolute Gasteiger partial charge is 0.396 e. The lowest BCUT2D eigenvalue weighted by Gasteiger charge is -2.23. The lowest BCUT2D eigenvalue weighted by molar-refractivity contribution is 0.281. The van der Waals surface area contributed by atoms with Gasteiger partial charge in [-0.05, 0) is 30.9 Å². The minimum Gasteiger partial charge on any atom is -0.396 e. The van der Waals surface area contributed by atoms with Gasteiger partial charge in [0.05, 0.1) is 0 Å². The number of aliphatic hydroxyl groups excluding tert-OH is 1. The molecule has 0 aliphatic heterocycles. The number of nitrogens with one attached hydrogen (secondary N) is 1. The minimum absolute atomic E-state index is 0.291. The van der Waals surface area contributed by atoms with Crippen LogP contribution in [0.5, 0.6) is 0 Å². The molecule has 2 nitrogen and oxygen atoms in total. The normalized spacial score (nSPS) is 13.0. The van der Waals surface area contributed by atoms with E-state index in [-0.39, 0.29) is 0 Å². The molecule has 0 heterocycles. The molecule has 0 amide bonds. The fourth-order valence-corrected chi connectivity index (χ4v) is 1.89. The van der Waals surface area contributed by atoms with Crippen LogP contribution >= 0.6 is 0 Å². The summed E-state index contributed by atoms with van der Waals surface area (Å²) >= 11 is 0. The topological polar surface area (TPSA) is 32.3 Å². The summed E-state index contributed by atoms with van der Waals surface area (Å²) in [5, 5.41) is 12.3. The van der Waals surface area contributed by atoms with Crippen LogP contribution < -0.4 is 5.32 Å². The molecule has 90 valence electrons. The summed E-state index contributed by atoms with van der Waals surface area (Å²) < 4.78 is 0. The highest BCUT2D eigenvalue weighted by Crippen LogP contribution is 2.20. The first-order chi connectivity index (χ1) is 7.75.